The SMILES string of the molecule is NC(=O)c1ccc(Nc2ncc(N)cc2Br)cc1. The summed E-state index contributed by atoms with van der Waals surface area (Å²) >= 11 is 3.36. The topological polar surface area (TPSA) is 94.0 Å². The van der Waals surface area contributed by atoms with Crippen molar-refractivity contribution in [2.45, 2.75) is 0 Å². The number of aromatic nitrogens is 1. The number of primary amides is 1. The number of rotatable bonds is 3. The molecule has 2 aromatic rings. The molecule has 1 amide bonds. The number of carbonyl (C=O) groups excluding carboxylic acids is 1. The molecule has 5 N–H and O–H groups in total. The van der Waals surface area contributed by atoms with Gasteiger partial charge in [-0.2, -0.15) is 0 Å². The molecule has 2 rings (SSSR count). The van der Waals surface area contributed by atoms with Crippen molar-refractivity contribution in [1.29, 1.82) is 0 Å². The number of nitrogen functional groups attached to an aromatic ring is 1. The minimum absolute atomic E-state index is 0.451. The van der Waals surface area contributed by atoms with Crippen molar-refractivity contribution in [3.63, 3.8) is 0 Å². The fraction of sp³-hybridized carbons (Fsp3) is 0. The Morgan fingerprint density at radius 2 is 1.94 bits per heavy atom. The third-order valence-corrected chi connectivity index (χ3v) is 2.90. The van der Waals surface area contributed by atoms with Gasteiger partial charge in [0.1, 0.15) is 5.82 Å². The number of amides is 1. The molecule has 1 heterocycles. The molecule has 0 radical (unpaired) electrons. The minimum atomic E-state index is -0.451. The lowest BCUT2D eigenvalue weighted by Gasteiger charge is -2.08. The number of carbonyl (C=O) groups is 1. The van der Waals surface area contributed by atoms with Gasteiger partial charge in [0.25, 0.3) is 0 Å². The van der Waals surface area contributed by atoms with Crippen molar-refractivity contribution in [3.05, 3.63) is 46.6 Å². The van der Waals surface area contributed by atoms with Crippen LogP contribution in [-0.4, -0.2) is 10.9 Å². The van der Waals surface area contributed by atoms with Crippen molar-refractivity contribution >= 4 is 39.0 Å². The van der Waals surface area contributed by atoms with Gasteiger partial charge in [-0.15, -0.1) is 0 Å². The highest BCUT2D eigenvalue weighted by Gasteiger charge is 2.04. The van der Waals surface area contributed by atoms with E-state index in [1.165, 1.54) is 0 Å². The molecule has 0 aliphatic heterocycles. The van der Waals surface area contributed by atoms with Crippen LogP contribution in [-0.2, 0) is 0 Å². The van der Waals surface area contributed by atoms with Crippen LogP contribution >= 0.6 is 15.9 Å². The van der Waals surface area contributed by atoms with Crippen LogP contribution in [0.15, 0.2) is 41.0 Å². The molecule has 18 heavy (non-hydrogen) atoms. The highest BCUT2D eigenvalue weighted by Crippen LogP contribution is 2.25. The van der Waals surface area contributed by atoms with Crippen LogP contribution in [0.2, 0.25) is 0 Å². The van der Waals surface area contributed by atoms with E-state index in [4.69, 9.17) is 11.5 Å². The quantitative estimate of drug-likeness (QED) is 0.810. The van der Waals surface area contributed by atoms with Crippen molar-refractivity contribution in [2.24, 2.45) is 5.73 Å². The number of hydrogen-bond acceptors (Lipinski definition) is 4. The Hall–Kier alpha value is -2.08. The average Bonchev–Trinajstić information content (AvgIpc) is 2.33. The largest absolute Gasteiger partial charge is 0.397 e. The molecule has 0 saturated carbocycles. The zero-order valence-corrected chi connectivity index (χ0v) is 10.9. The highest BCUT2D eigenvalue weighted by atomic mass is 79.9. The van der Waals surface area contributed by atoms with E-state index < -0.39 is 5.91 Å². The zero-order chi connectivity index (χ0) is 13.1. The summed E-state index contributed by atoms with van der Waals surface area (Å²) in [6.45, 7) is 0. The number of nitrogens with two attached hydrogens (primary N) is 2. The maximum atomic E-state index is 10.9. The molecule has 0 saturated heterocycles. The van der Waals surface area contributed by atoms with E-state index in [2.05, 4.69) is 26.2 Å². The molecule has 0 aliphatic carbocycles. The molecule has 0 aliphatic rings. The van der Waals surface area contributed by atoms with E-state index in [-0.39, 0.29) is 0 Å². The molecule has 5 nitrogen and oxygen atoms in total. The Bertz CT molecular complexity index is 583. The summed E-state index contributed by atoms with van der Waals surface area (Å²) in [5.74, 6) is 0.198. The summed E-state index contributed by atoms with van der Waals surface area (Å²) in [7, 11) is 0. The lowest BCUT2D eigenvalue weighted by molar-refractivity contribution is 0.100. The van der Waals surface area contributed by atoms with Crippen LogP contribution in [0.4, 0.5) is 17.2 Å². The number of nitrogens with one attached hydrogen (secondary N) is 1. The van der Waals surface area contributed by atoms with Crippen LogP contribution < -0.4 is 16.8 Å². The molecule has 6 heteroatoms. The summed E-state index contributed by atoms with van der Waals surface area (Å²) in [6.07, 6.45) is 1.56. The summed E-state index contributed by atoms with van der Waals surface area (Å²) in [4.78, 5) is 15.1. The first-order valence-electron chi connectivity index (χ1n) is 5.14. The van der Waals surface area contributed by atoms with Crippen LogP contribution in [0.3, 0.4) is 0 Å². The predicted octanol–water partition coefficient (Wildman–Crippen LogP) is 2.27. The molecular weight excluding hydrogens is 296 g/mol. The molecule has 0 fully saturated rings. The third kappa shape index (κ3) is 2.78. The van der Waals surface area contributed by atoms with Gasteiger partial charge in [0.2, 0.25) is 5.91 Å². The lowest BCUT2D eigenvalue weighted by Crippen LogP contribution is -2.10. The molecule has 0 unspecified atom stereocenters. The Balaban J connectivity index is 2.21. The second-order valence-corrected chi connectivity index (χ2v) is 4.52. The van der Waals surface area contributed by atoms with Gasteiger partial charge in [0.05, 0.1) is 16.4 Å². The second-order valence-electron chi connectivity index (χ2n) is 3.67. The molecule has 1 aromatic carbocycles. The molecule has 0 bridgehead atoms. The number of halogens is 1. The zero-order valence-electron chi connectivity index (χ0n) is 9.35. The number of benzene rings is 1. The van der Waals surface area contributed by atoms with E-state index in [1.54, 1.807) is 36.5 Å². The van der Waals surface area contributed by atoms with Gasteiger partial charge >= 0.3 is 0 Å². The van der Waals surface area contributed by atoms with Gasteiger partial charge in [-0.05, 0) is 46.3 Å². The second kappa shape index (κ2) is 5.05. The molecule has 1 aromatic heterocycles. The normalized spacial score (nSPS) is 10.1. The van der Waals surface area contributed by atoms with E-state index in [1.807, 2.05) is 0 Å². The van der Waals surface area contributed by atoms with Crippen LogP contribution in [0, 0.1) is 0 Å². The van der Waals surface area contributed by atoms with Crippen molar-refractivity contribution in [1.82, 2.24) is 4.98 Å². The lowest BCUT2D eigenvalue weighted by atomic mass is 10.2. The summed E-state index contributed by atoms with van der Waals surface area (Å²) in [5.41, 5.74) is 12.6. The van der Waals surface area contributed by atoms with E-state index >= 15 is 0 Å². The first-order chi connectivity index (χ1) is 8.56. The first-order valence-corrected chi connectivity index (χ1v) is 5.93. The van der Waals surface area contributed by atoms with E-state index in [0.717, 1.165) is 10.2 Å². The molecule has 0 atom stereocenters. The van der Waals surface area contributed by atoms with Crippen LogP contribution in [0.1, 0.15) is 10.4 Å². The molecule has 0 spiro atoms. The Morgan fingerprint density at radius 1 is 1.28 bits per heavy atom. The van der Waals surface area contributed by atoms with Gasteiger partial charge in [-0.3, -0.25) is 4.79 Å². The van der Waals surface area contributed by atoms with Crippen LogP contribution in [0.5, 0.6) is 0 Å². The maximum absolute atomic E-state index is 10.9. The summed E-state index contributed by atoms with van der Waals surface area (Å²) in [5, 5.41) is 3.10. The molecule has 92 valence electrons. The van der Waals surface area contributed by atoms with Crippen molar-refractivity contribution < 1.29 is 4.79 Å². The van der Waals surface area contributed by atoms with Gasteiger partial charge in [0.15, 0.2) is 0 Å². The minimum Gasteiger partial charge on any atom is -0.397 e. The summed E-state index contributed by atoms with van der Waals surface area (Å²) < 4.78 is 0.765. The average molecular weight is 307 g/mol. The van der Waals surface area contributed by atoms with Gasteiger partial charge in [0, 0.05) is 11.3 Å². The van der Waals surface area contributed by atoms with Gasteiger partial charge in [-0.25, -0.2) is 4.98 Å². The Labute approximate surface area is 112 Å². The monoisotopic (exact) mass is 306 g/mol. The number of anilines is 3. The summed E-state index contributed by atoms with van der Waals surface area (Å²) in [6, 6.07) is 8.56. The van der Waals surface area contributed by atoms with E-state index in [0.29, 0.717) is 17.1 Å². The predicted molar refractivity (Wildman–Crippen MR) is 74.6 cm³/mol. The van der Waals surface area contributed by atoms with Gasteiger partial charge < -0.3 is 16.8 Å². The smallest absolute Gasteiger partial charge is 0.248 e. The van der Waals surface area contributed by atoms with Crippen molar-refractivity contribution in [2.75, 3.05) is 11.1 Å². The highest BCUT2D eigenvalue weighted by molar-refractivity contribution is 9.10. The first kappa shape index (κ1) is 12.4. The maximum Gasteiger partial charge on any atom is 0.248 e. The Morgan fingerprint density at radius 3 is 2.50 bits per heavy atom. The van der Waals surface area contributed by atoms with Crippen LogP contribution in [0.25, 0.3) is 0 Å². The number of nitrogens with zero attached hydrogens (tertiary/aromatic N) is 1. The van der Waals surface area contributed by atoms with E-state index in [9.17, 15) is 4.79 Å². The Kier molecular flexibility index (Phi) is 3.47. The fourth-order valence-corrected chi connectivity index (χ4v) is 1.87. The van der Waals surface area contributed by atoms with Gasteiger partial charge in [-0.1, -0.05) is 0 Å². The standard InChI is InChI=1S/C12H11BrN4O/c13-10-5-8(14)6-16-12(10)17-9-3-1-7(2-4-9)11(15)18/h1-6H,14H2,(H2,15,18)(H,16,17). The molecular formula is C12H11BrN4O. The fourth-order valence-electron chi connectivity index (χ4n) is 1.40. The van der Waals surface area contributed by atoms with Crippen molar-refractivity contribution in [3.8, 4) is 0 Å². The number of pyridine rings is 1. The number of hydrogen-bond donors (Lipinski definition) is 3. The third-order valence-electron chi connectivity index (χ3n) is 2.29.